The van der Waals surface area contributed by atoms with Gasteiger partial charge in [0.1, 0.15) is 73.2 Å². The molecule has 0 unspecified atom stereocenters. The Balaban J connectivity index is 1.65. The molecule has 3 fully saturated rings. The first-order chi connectivity index (χ1) is 28.4. The quantitative estimate of drug-likeness (QED) is 0.0400. The largest absolute Gasteiger partial charge is 0.481 e. The number of nitrogens with one attached hydrogen (secondary N) is 3. The number of amides is 3. The Bertz CT molecular complexity index is 1280. The highest BCUT2D eigenvalue weighted by molar-refractivity contribution is 5.86. The molecular weight excluding hydrogens is 820 g/mol. The highest BCUT2D eigenvalue weighted by Gasteiger charge is 2.46. The lowest BCUT2D eigenvalue weighted by Crippen LogP contribution is -2.59. The lowest BCUT2D eigenvalue weighted by atomic mass is 9.99. The standard InChI is InChI=1S/C33H58N4O23/c38-11-15-21(45)24(48)27(51)31(58-15)55-6-3-34-18(41)9-37(10-19(42)35-4-7-56-32-28(52)25(49)22(46)16(12-39)59-32)14(1-2-20(43)44)30(54)36-5-8-57-33-29(53)26(50)23(47)17(13-40)60-33/h14-17,21-29,31-33,38-40,45-53H,1-13H2,(H,34,41)(H,35,42)(H,36,54)(H,43,44)/t14-,15+,16+,17-,21+,22+,23-,24-,25-,26+,27-,28-,29+,31-,32-,33+/m0/s1. The molecule has 3 heterocycles. The van der Waals surface area contributed by atoms with Crippen LogP contribution in [0, 0.1) is 0 Å². The molecule has 27 nitrogen and oxygen atoms in total. The highest BCUT2D eigenvalue weighted by Crippen LogP contribution is 2.24. The van der Waals surface area contributed by atoms with E-state index in [1.807, 2.05) is 0 Å². The van der Waals surface area contributed by atoms with E-state index in [0.717, 1.165) is 4.90 Å². The summed E-state index contributed by atoms with van der Waals surface area (Å²) in [5, 5.41) is 135. The van der Waals surface area contributed by atoms with Crippen molar-refractivity contribution in [1.29, 1.82) is 0 Å². The average molecular weight is 879 g/mol. The van der Waals surface area contributed by atoms with Crippen molar-refractivity contribution in [3.63, 3.8) is 0 Å². The van der Waals surface area contributed by atoms with Crippen molar-refractivity contribution in [2.45, 2.75) is 111 Å². The van der Waals surface area contributed by atoms with Crippen LogP contribution in [0.2, 0.25) is 0 Å². The second-order valence-electron chi connectivity index (χ2n) is 14.0. The summed E-state index contributed by atoms with van der Waals surface area (Å²) in [6, 6.07) is -1.47. The van der Waals surface area contributed by atoms with Gasteiger partial charge in [0, 0.05) is 26.1 Å². The van der Waals surface area contributed by atoms with Gasteiger partial charge in [0.25, 0.3) is 0 Å². The van der Waals surface area contributed by atoms with Crippen LogP contribution < -0.4 is 16.0 Å². The summed E-state index contributed by atoms with van der Waals surface area (Å²) < 4.78 is 31.8. The SMILES string of the molecule is O=C(O)CC[C@@H](C(=O)NCCO[C@@H]1O[C@@H](CO)[C@H](O)[C@@H](O)[C@H]1O)N(CC(=O)NCCO[C@H]1O[C@H](CO)[C@@H](O)[C@H](O)[C@@H]1O)CC(=O)NCCO[C@H]1O[C@H](CO)[C@@H](O)[C@H](O)[C@@H]1O. The van der Waals surface area contributed by atoms with Crippen LogP contribution in [0.5, 0.6) is 0 Å². The lowest BCUT2D eigenvalue weighted by molar-refractivity contribution is -0.300. The minimum atomic E-state index is -1.74. The molecule has 16 N–H and O–H groups in total. The molecule has 348 valence electrons. The normalized spacial score (nSPS) is 35.1. The van der Waals surface area contributed by atoms with Gasteiger partial charge in [-0.05, 0) is 6.42 Å². The molecule has 0 radical (unpaired) electrons. The maximum Gasteiger partial charge on any atom is 0.303 e. The zero-order valence-corrected chi connectivity index (χ0v) is 32.3. The molecule has 3 aliphatic rings. The summed E-state index contributed by atoms with van der Waals surface area (Å²) in [4.78, 5) is 52.4. The summed E-state index contributed by atoms with van der Waals surface area (Å²) in [6.45, 7) is -5.49. The minimum absolute atomic E-state index is 0.273. The fourth-order valence-corrected chi connectivity index (χ4v) is 6.31. The number of carbonyl (C=O) groups is 4. The van der Waals surface area contributed by atoms with Gasteiger partial charge in [0.05, 0.1) is 58.8 Å². The van der Waals surface area contributed by atoms with Gasteiger partial charge in [0.2, 0.25) is 17.7 Å². The Kier molecular flexibility index (Phi) is 21.7. The molecule has 0 aromatic rings. The molecule has 0 bridgehead atoms. The Morgan fingerprint density at radius 1 is 0.517 bits per heavy atom. The van der Waals surface area contributed by atoms with E-state index in [9.17, 15) is 85.6 Å². The molecule has 0 aliphatic carbocycles. The lowest BCUT2D eigenvalue weighted by Gasteiger charge is -2.39. The summed E-state index contributed by atoms with van der Waals surface area (Å²) in [5.74, 6) is -3.84. The van der Waals surface area contributed by atoms with Crippen LogP contribution in [0.4, 0.5) is 0 Å². The fraction of sp³-hybridized carbons (Fsp3) is 0.879. The van der Waals surface area contributed by atoms with Crippen molar-refractivity contribution in [2.75, 3.05) is 72.4 Å². The van der Waals surface area contributed by atoms with Crippen molar-refractivity contribution >= 4 is 23.7 Å². The molecule has 3 rings (SSSR count). The number of rotatable bonds is 24. The van der Waals surface area contributed by atoms with Crippen molar-refractivity contribution in [2.24, 2.45) is 0 Å². The van der Waals surface area contributed by atoms with Crippen LogP contribution >= 0.6 is 0 Å². The topological polar surface area (TPSA) is 426 Å². The van der Waals surface area contributed by atoms with Crippen molar-refractivity contribution in [1.82, 2.24) is 20.9 Å². The number of hydrogen-bond donors (Lipinski definition) is 16. The second kappa shape index (κ2) is 25.3. The molecule has 60 heavy (non-hydrogen) atoms. The Morgan fingerprint density at radius 3 is 1.17 bits per heavy atom. The van der Waals surface area contributed by atoms with Crippen LogP contribution in [-0.2, 0) is 47.6 Å². The predicted molar refractivity (Wildman–Crippen MR) is 190 cm³/mol. The molecule has 3 amide bonds. The van der Waals surface area contributed by atoms with Crippen LogP contribution in [0.25, 0.3) is 0 Å². The zero-order chi connectivity index (χ0) is 44.7. The first kappa shape index (κ1) is 51.5. The molecule has 0 spiro atoms. The third kappa shape index (κ3) is 14.6. The number of ether oxygens (including phenoxy) is 6. The molecule has 3 aliphatic heterocycles. The maximum atomic E-state index is 13.5. The third-order valence-electron chi connectivity index (χ3n) is 9.71. The molecule has 16 atom stereocenters. The number of carboxylic acid groups (broad SMARTS) is 1. The molecule has 3 saturated heterocycles. The second-order valence-corrected chi connectivity index (χ2v) is 14.0. The Hall–Kier alpha value is -2.88. The summed E-state index contributed by atoms with van der Waals surface area (Å²) in [6.07, 6.45) is -24.6. The number of aliphatic hydroxyl groups excluding tert-OH is 12. The van der Waals surface area contributed by atoms with Gasteiger partial charge >= 0.3 is 5.97 Å². The van der Waals surface area contributed by atoms with Crippen LogP contribution in [-0.4, -0.2) is 266 Å². The molecular formula is C33H58N4O23. The Morgan fingerprint density at radius 2 is 0.850 bits per heavy atom. The van der Waals surface area contributed by atoms with Crippen molar-refractivity contribution < 1.29 is 114 Å². The average Bonchev–Trinajstić information content (AvgIpc) is 3.22. The van der Waals surface area contributed by atoms with E-state index in [1.165, 1.54) is 0 Å². The van der Waals surface area contributed by atoms with Gasteiger partial charge in [-0.2, -0.15) is 0 Å². The number of aliphatic carboxylic acids is 1. The molecule has 27 heteroatoms. The van der Waals surface area contributed by atoms with Crippen LogP contribution in [0.3, 0.4) is 0 Å². The van der Waals surface area contributed by atoms with E-state index < -0.39 is 168 Å². The maximum absolute atomic E-state index is 13.5. The summed E-state index contributed by atoms with van der Waals surface area (Å²) in [5.41, 5.74) is 0. The Labute approximate surface area is 341 Å². The first-order valence-corrected chi connectivity index (χ1v) is 19.0. The van der Waals surface area contributed by atoms with Crippen LogP contribution in [0.1, 0.15) is 12.8 Å². The number of hydrogen-bond acceptors (Lipinski definition) is 23. The van der Waals surface area contributed by atoms with E-state index in [-0.39, 0.29) is 39.5 Å². The minimum Gasteiger partial charge on any atom is -0.481 e. The summed E-state index contributed by atoms with van der Waals surface area (Å²) in [7, 11) is 0. The van der Waals surface area contributed by atoms with E-state index >= 15 is 0 Å². The van der Waals surface area contributed by atoms with Crippen LogP contribution in [0.15, 0.2) is 0 Å². The zero-order valence-electron chi connectivity index (χ0n) is 32.3. The van der Waals surface area contributed by atoms with E-state index in [0.29, 0.717) is 0 Å². The fourth-order valence-electron chi connectivity index (χ4n) is 6.31. The highest BCUT2D eigenvalue weighted by atomic mass is 16.7. The predicted octanol–water partition coefficient (Wildman–Crippen LogP) is -10.7. The van der Waals surface area contributed by atoms with Gasteiger partial charge in [-0.15, -0.1) is 0 Å². The van der Waals surface area contributed by atoms with E-state index in [1.54, 1.807) is 0 Å². The van der Waals surface area contributed by atoms with Gasteiger partial charge in [0.15, 0.2) is 18.9 Å². The number of nitrogens with zero attached hydrogens (tertiary/aromatic N) is 1. The van der Waals surface area contributed by atoms with E-state index in [4.69, 9.17) is 28.4 Å². The smallest absolute Gasteiger partial charge is 0.303 e. The number of aliphatic hydroxyl groups is 12. The summed E-state index contributed by atoms with van der Waals surface area (Å²) >= 11 is 0. The molecule has 0 aromatic carbocycles. The van der Waals surface area contributed by atoms with E-state index in [2.05, 4.69) is 16.0 Å². The molecule has 0 aromatic heterocycles. The molecule has 0 saturated carbocycles. The van der Waals surface area contributed by atoms with Crippen molar-refractivity contribution in [3.8, 4) is 0 Å². The van der Waals surface area contributed by atoms with Crippen molar-refractivity contribution in [3.05, 3.63) is 0 Å². The number of carbonyl (C=O) groups excluding carboxylic acids is 3. The van der Waals surface area contributed by atoms with Gasteiger partial charge in [-0.3, -0.25) is 24.1 Å². The monoisotopic (exact) mass is 878 g/mol. The number of carboxylic acids is 1. The van der Waals surface area contributed by atoms with Gasteiger partial charge < -0.3 is 111 Å². The van der Waals surface area contributed by atoms with Gasteiger partial charge in [-0.1, -0.05) is 0 Å². The first-order valence-electron chi connectivity index (χ1n) is 19.0. The van der Waals surface area contributed by atoms with Gasteiger partial charge in [-0.25, -0.2) is 0 Å². The third-order valence-corrected chi connectivity index (χ3v) is 9.71.